The topological polar surface area (TPSA) is 40.5 Å². The van der Waals surface area contributed by atoms with Gasteiger partial charge in [-0.25, -0.2) is 0 Å². The van der Waals surface area contributed by atoms with Gasteiger partial charge < -0.3 is 5.11 Å². The number of fused-ring (bicyclic) bond motifs is 1. The van der Waals surface area contributed by atoms with E-state index < -0.39 is 5.97 Å². The van der Waals surface area contributed by atoms with Gasteiger partial charge in [0.15, 0.2) is 0 Å². The SMILES string of the molecule is CN1C(C(=O)O)C[C@@H]2C[C@@H]21. The Morgan fingerprint density at radius 3 is 2.60 bits per heavy atom. The smallest absolute Gasteiger partial charge is 0.320 e. The first-order valence-corrected chi connectivity index (χ1v) is 3.65. The Morgan fingerprint density at radius 2 is 2.30 bits per heavy atom. The van der Waals surface area contributed by atoms with Crippen molar-refractivity contribution in [3.8, 4) is 0 Å². The van der Waals surface area contributed by atoms with Crippen molar-refractivity contribution in [2.75, 3.05) is 7.05 Å². The maximum absolute atomic E-state index is 10.5. The van der Waals surface area contributed by atoms with E-state index in [0.29, 0.717) is 12.0 Å². The molecule has 0 amide bonds. The van der Waals surface area contributed by atoms with E-state index in [1.165, 1.54) is 6.42 Å². The Labute approximate surface area is 59.6 Å². The molecule has 1 aliphatic carbocycles. The van der Waals surface area contributed by atoms with Crippen LogP contribution in [0.15, 0.2) is 0 Å². The van der Waals surface area contributed by atoms with Crippen LogP contribution in [0.2, 0.25) is 0 Å². The molecule has 0 aromatic rings. The zero-order valence-electron chi connectivity index (χ0n) is 5.95. The lowest BCUT2D eigenvalue weighted by atomic mass is 10.2. The summed E-state index contributed by atoms with van der Waals surface area (Å²) in [4.78, 5) is 12.5. The summed E-state index contributed by atoms with van der Waals surface area (Å²) >= 11 is 0. The van der Waals surface area contributed by atoms with Gasteiger partial charge in [-0.2, -0.15) is 0 Å². The predicted octanol–water partition coefficient (Wildman–Crippen LogP) is 0.164. The fraction of sp³-hybridized carbons (Fsp3) is 0.857. The summed E-state index contributed by atoms with van der Waals surface area (Å²) in [6, 6.07) is 0.407. The van der Waals surface area contributed by atoms with Crippen LogP contribution in [0.25, 0.3) is 0 Å². The molecule has 3 heteroatoms. The monoisotopic (exact) mass is 141 g/mol. The number of rotatable bonds is 1. The van der Waals surface area contributed by atoms with Crippen LogP contribution < -0.4 is 0 Å². The van der Waals surface area contributed by atoms with E-state index >= 15 is 0 Å². The predicted molar refractivity (Wildman–Crippen MR) is 35.7 cm³/mol. The van der Waals surface area contributed by atoms with Crippen LogP contribution in [0.4, 0.5) is 0 Å². The summed E-state index contributed by atoms with van der Waals surface area (Å²) in [7, 11) is 1.91. The third-order valence-corrected chi connectivity index (χ3v) is 2.71. The molecule has 2 fully saturated rings. The maximum Gasteiger partial charge on any atom is 0.320 e. The second-order valence-corrected chi connectivity index (χ2v) is 3.32. The first kappa shape index (κ1) is 6.16. The van der Waals surface area contributed by atoms with Gasteiger partial charge in [0, 0.05) is 6.04 Å². The molecule has 3 atom stereocenters. The third-order valence-electron chi connectivity index (χ3n) is 2.71. The molecule has 10 heavy (non-hydrogen) atoms. The molecule has 0 radical (unpaired) electrons. The van der Waals surface area contributed by atoms with E-state index in [9.17, 15) is 4.79 Å². The summed E-state index contributed by atoms with van der Waals surface area (Å²) in [5.41, 5.74) is 0. The van der Waals surface area contributed by atoms with Crippen molar-refractivity contribution in [1.82, 2.24) is 4.90 Å². The number of likely N-dealkylation sites (tertiary alicyclic amines) is 1. The summed E-state index contributed by atoms with van der Waals surface area (Å²) in [6.45, 7) is 0. The largest absolute Gasteiger partial charge is 0.480 e. The van der Waals surface area contributed by atoms with Gasteiger partial charge in [-0.05, 0) is 25.8 Å². The van der Waals surface area contributed by atoms with Crippen LogP contribution in [0.5, 0.6) is 0 Å². The fourth-order valence-electron chi connectivity index (χ4n) is 1.94. The molecule has 1 aliphatic heterocycles. The zero-order chi connectivity index (χ0) is 7.30. The van der Waals surface area contributed by atoms with E-state index in [2.05, 4.69) is 0 Å². The summed E-state index contributed by atoms with van der Waals surface area (Å²) in [5.74, 6) is 0.0424. The highest BCUT2D eigenvalue weighted by Gasteiger charge is 2.52. The lowest BCUT2D eigenvalue weighted by molar-refractivity contribution is -0.142. The second kappa shape index (κ2) is 1.72. The lowest BCUT2D eigenvalue weighted by Crippen LogP contribution is -2.35. The van der Waals surface area contributed by atoms with Gasteiger partial charge in [0.1, 0.15) is 6.04 Å². The van der Waals surface area contributed by atoms with Crippen molar-refractivity contribution < 1.29 is 9.90 Å². The van der Waals surface area contributed by atoms with Crippen LogP contribution >= 0.6 is 0 Å². The van der Waals surface area contributed by atoms with Gasteiger partial charge in [0.25, 0.3) is 0 Å². The Balaban J connectivity index is 2.07. The highest BCUT2D eigenvalue weighted by molar-refractivity contribution is 5.74. The van der Waals surface area contributed by atoms with Gasteiger partial charge in [-0.3, -0.25) is 9.69 Å². The molecular formula is C7H11NO2. The molecule has 56 valence electrons. The van der Waals surface area contributed by atoms with Crippen molar-refractivity contribution >= 4 is 5.97 Å². The minimum atomic E-state index is -0.658. The number of carboxylic acid groups (broad SMARTS) is 1. The quantitative estimate of drug-likeness (QED) is 0.565. The Hall–Kier alpha value is -0.570. The van der Waals surface area contributed by atoms with Crippen LogP contribution in [-0.4, -0.2) is 35.1 Å². The standard InChI is InChI=1S/C7H11NO2/c1-8-5-2-4(5)3-6(8)7(9)10/h4-6H,2-3H2,1H3,(H,9,10)/t4-,5-,6?/m0/s1. The second-order valence-electron chi connectivity index (χ2n) is 3.32. The minimum Gasteiger partial charge on any atom is -0.480 e. The molecule has 0 aromatic carbocycles. The number of likely N-dealkylation sites (N-methyl/N-ethyl adjacent to an activating group) is 1. The number of carbonyl (C=O) groups is 1. The number of hydrogen-bond donors (Lipinski definition) is 1. The minimum absolute atomic E-state index is 0.191. The first-order valence-electron chi connectivity index (χ1n) is 3.65. The van der Waals surface area contributed by atoms with Crippen LogP contribution in [-0.2, 0) is 4.79 Å². The van der Waals surface area contributed by atoms with E-state index in [1.807, 2.05) is 11.9 Å². The van der Waals surface area contributed by atoms with Crippen molar-refractivity contribution in [2.24, 2.45) is 5.92 Å². The number of hydrogen-bond acceptors (Lipinski definition) is 2. The third kappa shape index (κ3) is 0.669. The average molecular weight is 141 g/mol. The number of piperidine rings is 1. The molecule has 0 bridgehead atoms. The Bertz CT molecular complexity index is 180. The maximum atomic E-state index is 10.5. The number of carboxylic acids is 1. The van der Waals surface area contributed by atoms with Gasteiger partial charge in [-0.1, -0.05) is 0 Å². The molecule has 0 aromatic heterocycles. The summed E-state index contributed by atoms with van der Waals surface area (Å²) in [5, 5.41) is 8.68. The van der Waals surface area contributed by atoms with Crippen molar-refractivity contribution in [1.29, 1.82) is 0 Å². The molecular weight excluding hydrogens is 130 g/mol. The Kier molecular flexibility index (Phi) is 1.06. The van der Waals surface area contributed by atoms with Gasteiger partial charge in [-0.15, -0.1) is 0 Å². The lowest BCUT2D eigenvalue weighted by Gasteiger charge is -2.17. The van der Waals surface area contributed by atoms with E-state index in [-0.39, 0.29) is 6.04 Å². The molecule has 1 saturated carbocycles. The van der Waals surface area contributed by atoms with Crippen LogP contribution in [0.3, 0.4) is 0 Å². The van der Waals surface area contributed by atoms with E-state index in [1.54, 1.807) is 0 Å². The first-order chi connectivity index (χ1) is 4.70. The molecule has 2 rings (SSSR count). The molecule has 1 N–H and O–H groups in total. The zero-order valence-corrected chi connectivity index (χ0v) is 5.95. The van der Waals surface area contributed by atoms with Crippen LogP contribution in [0, 0.1) is 5.92 Å². The Morgan fingerprint density at radius 1 is 1.60 bits per heavy atom. The van der Waals surface area contributed by atoms with Crippen molar-refractivity contribution in [2.45, 2.75) is 24.9 Å². The fourth-order valence-corrected chi connectivity index (χ4v) is 1.94. The van der Waals surface area contributed by atoms with E-state index in [4.69, 9.17) is 5.11 Å². The van der Waals surface area contributed by atoms with Crippen molar-refractivity contribution in [3.05, 3.63) is 0 Å². The molecule has 2 aliphatic rings. The highest BCUT2D eigenvalue weighted by atomic mass is 16.4. The molecule has 1 heterocycles. The van der Waals surface area contributed by atoms with E-state index in [0.717, 1.165) is 6.42 Å². The molecule has 1 saturated heterocycles. The normalized spacial score (nSPS) is 45.1. The molecule has 0 spiro atoms. The summed E-state index contributed by atoms with van der Waals surface area (Å²) < 4.78 is 0. The molecule has 1 unspecified atom stereocenters. The summed E-state index contributed by atoms with van der Waals surface area (Å²) in [6.07, 6.45) is 2.09. The van der Waals surface area contributed by atoms with Gasteiger partial charge in [0.2, 0.25) is 0 Å². The average Bonchev–Trinajstić information content (AvgIpc) is 2.54. The van der Waals surface area contributed by atoms with Crippen LogP contribution in [0.1, 0.15) is 12.8 Å². The molecule has 3 nitrogen and oxygen atoms in total. The van der Waals surface area contributed by atoms with Gasteiger partial charge in [0.05, 0.1) is 0 Å². The van der Waals surface area contributed by atoms with Crippen molar-refractivity contribution in [3.63, 3.8) is 0 Å². The number of aliphatic carboxylic acids is 1. The van der Waals surface area contributed by atoms with Gasteiger partial charge >= 0.3 is 5.97 Å². The highest BCUT2D eigenvalue weighted by Crippen LogP contribution is 2.46. The number of nitrogens with zero attached hydrogens (tertiary/aromatic N) is 1.